The molecule has 0 radical (unpaired) electrons. The topological polar surface area (TPSA) is 67.0 Å². The van der Waals surface area contributed by atoms with Gasteiger partial charge in [0.2, 0.25) is 0 Å². The normalized spacial score (nSPS) is 10.2. The van der Waals surface area contributed by atoms with E-state index in [-0.39, 0.29) is 5.69 Å². The van der Waals surface area contributed by atoms with Crippen molar-refractivity contribution in [2.45, 2.75) is 0 Å². The lowest BCUT2D eigenvalue weighted by Gasteiger charge is -1.92. The molecule has 66 valence electrons. The van der Waals surface area contributed by atoms with Crippen LogP contribution in [0.2, 0.25) is 0 Å². The molecule has 0 heterocycles. The van der Waals surface area contributed by atoms with Crippen LogP contribution in [0.15, 0.2) is 30.3 Å². The maximum Gasteiger partial charge on any atom is 0.269 e. The second kappa shape index (κ2) is 4.15. The second-order valence-electron chi connectivity index (χ2n) is 2.37. The Labute approximate surface area is 75.2 Å². The van der Waals surface area contributed by atoms with Gasteiger partial charge >= 0.3 is 0 Å². The zero-order valence-electron chi connectivity index (χ0n) is 6.81. The fourth-order valence-corrected chi connectivity index (χ4v) is 0.866. The van der Waals surface area contributed by atoms with Gasteiger partial charge in [0.25, 0.3) is 5.69 Å². The summed E-state index contributed by atoms with van der Waals surface area (Å²) in [6.45, 7) is 0. The van der Waals surface area contributed by atoms with Crippen molar-refractivity contribution >= 4 is 18.0 Å². The van der Waals surface area contributed by atoms with Crippen LogP contribution < -0.4 is 0 Å². The van der Waals surface area contributed by atoms with Gasteiger partial charge in [-0.1, -0.05) is 6.08 Å². The van der Waals surface area contributed by atoms with Crippen LogP contribution in [0.5, 0.6) is 0 Å². The molecule has 4 heteroatoms. The number of non-ortho nitro benzene ring substituents is 1. The fraction of sp³-hybridized carbons (Fsp3) is 0. The van der Waals surface area contributed by atoms with Crippen molar-refractivity contribution in [2.75, 3.05) is 0 Å². The molecule has 0 aromatic heterocycles. The molecule has 0 bridgehead atoms. The minimum absolute atomic E-state index is 0.0759. The monoisotopic (exact) mass is 176 g/mol. The van der Waals surface area contributed by atoms with Crippen molar-refractivity contribution in [3.05, 3.63) is 46.0 Å². The molecule has 0 saturated heterocycles. The first-order valence-corrected chi connectivity index (χ1v) is 3.65. The number of nitrogens with one attached hydrogen (secondary N) is 1. The zero-order valence-corrected chi connectivity index (χ0v) is 6.81. The Morgan fingerprint density at radius 1 is 1.31 bits per heavy atom. The summed E-state index contributed by atoms with van der Waals surface area (Å²) >= 11 is 0. The van der Waals surface area contributed by atoms with Gasteiger partial charge in [-0.2, -0.15) is 0 Å². The third-order valence-electron chi connectivity index (χ3n) is 1.49. The molecule has 0 fully saturated rings. The van der Waals surface area contributed by atoms with Gasteiger partial charge in [0, 0.05) is 18.3 Å². The van der Waals surface area contributed by atoms with Gasteiger partial charge in [0.1, 0.15) is 0 Å². The summed E-state index contributed by atoms with van der Waals surface area (Å²) in [7, 11) is 0. The van der Waals surface area contributed by atoms with Crippen LogP contribution in [0.1, 0.15) is 5.56 Å². The van der Waals surface area contributed by atoms with E-state index in [2.05, 4.69) is 0 Å². The van der Waals surface area contributed by atoms with Gasteiger partial charge < -0.3 is 5.41 Å². The summed E-state index contributed by atoms with van der Waals surface area (Å²) in [6.07, 6.45) is 4.42. The molecule has 1 aromatic rings. The van der Waals surface area contributed by atoms with Gasteiger partial charge in [-0.05, 0) is 23.8 Å². The maximum absolute atomic E-state index is 10.3. The van der Waals surface area contributed by atoms with Crippen LogP contribution in [0, 0.1) is 15.5 Å². The summed E-state index contributed by atoms with van der Waals surface area (Å²) < 4.78 is 0. The molecular formula is C9H8N2O2. The fourth-order valence-electron chi connectivity index (χ4n) is 0.866. The van der Waals surface area contributed by atoms with Crippen molar-refractivity contribution in [2.24, 2.45) is 0 Å². The summed E-state index contributed by atoms with van der Waals surface area (Å²) in [5.41, 5.74) is 0.918. The number of hydrogen-bond acceptors (Lipinski definition) is 3. The van der Waals surface area contributed by atoms with Gasteiger partial charge in [-0.3, -0.25) is 10.1 Å². The second-order valence-corrected chi connectivity index (χ2v) is 2.37. The van der Waals surface area contributed by atoms with Crippen LogP contribution in [-0.4, -0.2) is 11.1 Å². The number of nitro benzene ring substituents is 1. The van der Waals surface area contributed by atoms with E-state index >= 15 is 0 Å². The summed E-state index contributed by atoms with van der Waals surface area (Å²) in [5.74, 6) is 0. The largest absolute Gasteiger partial charge is 0.309 e. The van der Waals surface area contributed by atoms with Crippen LogP contribution in [0.25, 0.3) is 6.08 Å². The lowest BCUT2D eigenvalue weighted by atomic mass is 10.2. The Hall–Kier alpha value is -1.97. The predicted octanol–water partition coefficient (Wildman–Crippen LogP) is 2.26. The molecule has 1 N–H and O–H groups in total. The summed E-state index contributed by atoms with van der Waals surface area (Å²) in [5, 5.41) is 17.0. The Balaban J connectivity index is 2.87. The average molecular weight is 176 g/mol. The third-order valence-corrected chi connectivity index (χ3v) is 1.49. The van der Waals surface area contributed by atoms with E-state index in [1.807, 2.05) is 0 Å². The Morgan fingerprint density at radius 3 is 2.38 bits per heavy atom. The minimum atomic E-state index is -0.440. The predicted molar refractivity (Wildman–Crippen MR) is 50.9 cm³/mol. The van der Waals surface area contributed by atoms with Crippen molar-refractivity contribution in [1.29, 1.82) is 5.41 Å². The number of nitro groups is 1. The smallest absolute Gasteiger partial charge is 0.269 e. The number of rotatable bonds is 3. The Bertz CT molecular complexity index is 341. The quantitative estimate of drug-likeness (QED) is 0.436. The molecule has 1 aromatic carbocycles. The molecular weight excluding hydrogens is 168 g/mol. The van der Waals surface area contributed by atoms with E-state index in [0.29, 0.717) is 0 Å². The number of benzene rings is 1. The van der Waals surface area contributed by atoms with Crippen LogP contribution >= 0.6 is 0 Å². The van der Waals surface area contributed by atoms with Gasteiger partial charge in [-0.15, -0.1) is 0 Å². The molecule has 0 unspecified atom stereocenters. The first-order chi connectivity index (χ1) is 6.24. The van der Waals surface area contributed by atoms with Crippen molar-refractivity contribution in [3.63, 3.8) is 0 Å². The van der Waals surface area contributed by atoms with E-state index in [0.717, 1.165) is 11.8 Å². The van der Waals surface area contributed by atoms with Crippen LogP contribution in [0.3, 0.4) is 0 Å². The summed E-state index contributed by atoms with van der Waals surface area (Å²) in [4.78, 5) is 9.84. The molecule has 0 saturated carbocycles. The number of allylic oxidation sites excluding steroid dienone is 1. The Kier molecular flexibility index (Phi) is 2.92. The SMILES string of the molecule is N=C/C=C/c1ccc([N+](=O)[O-])cc1. The molecule has 0 atom stereocenters. The lowest BCUT2D eigenvalue weighted by Crippen LogP contribution is -1.86. The van der Waals surface area contributed by atoms with Crippen LogP contribution in [-0.2, 0) is 0 Å². The summed E-state index contributed by atoms with van der Waals surface area (Å²) in [6, 6.07) is 6.14. The van der Waals surface area contributed by atoms with Gasteiger partial charge in [-0.25, -0.2) is 0 Å². The molecule has 13 heavy (non-hydrogen) atoms. The lowest BCUT2D eigenvalue weighted by molar-refractivity contribution is -0.384. The van der Waals surface area contributed by atoms with E-state index in [9.17, 15) is 10.1 Å². The van der Waals surface area contributed by atoms with Crippen molar-refractivity contribution < 1.29 is 4.92 Å². The van der Waals surface area contributed by atoms with Crippen molar-refractivity contribution in [3.8, 4) is 0 Å². The number of nitrogens with zero attached hydrogens (tertiary/aromatic N) is 1. The highest BCUT2D eigenvalue weighted by molar-refractivity contribution is 5.75. The number of hydrogen-bond donors (Lipinski definition) is 1. The molecule has 0 spiro atoms. The first kappa shape index (κ1) is 9.12. The molecule has 0 amide bonds. The highest BCUT2D eigenvalue weighted by atomic mass is 16.6. The third kappa shape index (κ3) is 2.52. The zero-order chi connectivity index (χ0) is 9.68. The van der Waals surface area contributed by atoms with E-state index < -0.39 is 4.92 Å². The van der Waals surface area contributed by atoms with E-state index in [1.165, 1.54) is 12.1 Å². The maximum atomic E-state index is 10.3. The standard InChI is InChI=1S/C9H8N2O2/c10-7-1-2-8-3-5-9(6-4-8)11(12)13/h1-7,10H/b2-1+,10-7?. The van der Waals surface area contributed by atoms with E-state index in [1.54, 1.807) is 24.3 Å². The highest BCUT2D eigenvalue weighted by Gasteiger charge is 2.01. The van der Waals surface area contributed by atoms with Crippen LogP contribution in [0.4, 0.5) is 5.69 Å². The first-order valence-electron chi connectivity index (χ1n) is 3.65. The molecule has 4 nitrogen and oxygen atoms in total. The average Bonchev–Trinajstić information content (AvgIpc) is 2.15. The molecule has 0 aliphatic heterocycles. The van der Waals surface area contributed by atoms with Gasteiger partial charge in [0.05, 0.1) is 4.92 Å². The van der Waals surface area contributed by atoms with Crippen molar-refractivity contribution in [1.82, 2.24) is 0 Å². The molecule has 0 aliphatic carbocycles. The molecule has 1 rings (SSSR count). The van der Waals surface area contributed by atoms with Gasteiger partial charge in [0.15, 0.2) is 0 Å². The van der Waals surface area contributed by atoms with E-state index in [4.69, 9.17) is 5.41 Å². The Morgan fingerprint density at radius 2 is 1.92 bits per heavy atom. The molecule has 0 aliphatic rings. The highest BCUT2D eigenvalue weighted by Crippen LogP contribution is 2.12. The minimum Gasteiger partial charge on any atom is -0.309 e.